The topological polar surface area (TPSA) is 64.4 Å². The predicted molar refractivity (Wildman–Crippen MR) is 109 cm³/mol. The Morgan fingerprint density at radius 1 is 1.21 bits per heavy atom. The molecule has 1 fully saturated rings. The fraction of sp³-hybridized carbons (Fsp3) is 0.350. The molecule has 0 bridgehead atoms. The first kappa shape index (κ1) is 19.0. The van der Waals surface area contributed by atoms with Gasteiger partial charge in [0.1, 0.15) is 9.71 Å². The minimum absolute atomic E-state index is 0.132. The fourth-order valence-electron chi connectivity index (χ4n) is 3.37. The Balaban J connectivity index is 1.53. The molecule has 3 heterocycles. The van der Waals surface area contributed by atoms with Gasteiger partial charge < -0.3 is 9.64 Å². The lowest BCUT2D eigenvalue weighted by atomic mass is 10.1. The molecule has 0 aliphatic carbocycles. The highest BCUT2D eigenvalue weighted by atomic mass is 35.5. The van der Waals surface area contributed by atoms with Gasteiger partial charge in [-0.05, 0) is 44.4 Å². The number of piperidine rings is 1. The van der Waals surface area contributed by atoms with Gasteiger partial charge in [0.2, 0.25) is 0 Å². The number of nitrogens with zero attached hydrogens (tertiary/aromatic N) is 3. The average Bonchev–Trinajstić information content (AvgIpc) is 3.28. The Morgan fingerprint density at radius 3 is 2.71 bits per heavy atom. The third-order valence-corrected chi connectivity index (χ3v) is 6.27. The molecule has 1 amide bonds. The van der Waals surface area contributed by atoms with Crippen LogP contribution in [-0.4, -0.2) is 46.3 Å². The number of halogens is 1. The van der Waals surface area contributed by atoms with Gasteiger partial charge in [-0.2, -0.15) is 5.10 Å². The second-order valence-corrected chi connectivity index (χ2v) is 8.23. The molecule has 1 aliphatic rings. The number of likely N-dealkylation sites (tertiary alicyclic amines) is 1. The van der Waals surface area contributed by atoms with Crippen molar-refractivity contribution < 1.29 is 14.3 Å². The molecule has 146 valence electrons. The molecule has 1 saturated heterocycles. The van der Waals surface area contributed by atoms with Gasteiger partial charge >= 0.3 is 5.97 Å². The van der Waals surface area contributed by atoms with Gasteiger partial charge in [-0.25, -0.2) is 9.48 Å². The van der Waals surface area contributed by atoms with E-state index in [1.807, 2.05) is 25.1 Å². The van der Waals surface area contributed by atoms with Crippen LogP contribution >= 0.6 is 22.9 Å². The maximum Gasteiger partial charge on any atom is 0.348 e. The second-order valence-electron chi connectivity index (χ2n) is 6.80. The van der Waals surface area contributed by atoms with Crippen molar-refractivity contribution in [1.82, 2.24) is 14.7 Å². The zero-order valence-electron chi connectivity index (χ0n) is 15.5. The first-order chi connectivity index (χ1) is 13.5. The van der Waals surface area contributed by atoms with Crippen molar-refractivity contribution in [2.45, 2.75) is 26.2 Å². The van der Waals surface area contributed by atoms with Crippen molar-refractivity contribution in [2.75, 3.05) is 19.7 Å². The summed E-state index contributed by atoms with van der Waals surface area (Å²) in [5.41, 5.74) is 1.55. The number of benzene rings is 1. The number of thiophene rings is 1. The summed E-state index contributed by atoms with van der Waals surface area (Å²) in [6, 6.07) is 9.19. The molecule has 0 N–H and O–H groups in total. The summed E-state index contributed by atoms with van der Waals surface area (Å²) in [5.74, 6) is -0.621. The van der Waals surface area contributed by atoms with Crippen LogP contribution in [0.5, 0.6) is 0 Å². The first-order valence-electron chi connectivity index (χ1n) is 9.23. The van der Waals surface area contributed by atoms with Crippen LogP contribution in [0.25, 0.3) is 15.9 Å². The minimum atomic E-state index is -0.489. The van der Waals surface area contributed by atoms with E-state index >= 15 is 0 Å². The number of amides is 1. The van der Waals surface area contributed by atoms with Crippen LogP contribution in [0.15, 0.2) is 30.3 Å². The largest absolute Gasteiger partial charge is 0.451 e. The summed E-state index contributed by atoms with van der Waals surface area (Å²) >= 11 is 7.59. The number of aromatic nitrogens is 2. The lowest BCUT2D eigenvalue weighted by Gasteiger charge is -2.26. The van der Waals surface area contributed by atoms with E-state index in [4.69, 9.17) is 16.3 Å². The molecule has 0 atom stereocenters. The Hall–Kier alpha value is -2.38. The number of aryl methyl sites for hydroxylation is 1. The third-order valence-electron chi connectivity index (χ3n) is 4.86. The number of fused-ring (bicyclic) bond motifs is 1. The highest BCUT2D eigenvalue weighted by molar-refractivity contribution is 7.20. The number of hydrogen-bond acceptors (Lipinski definition) is 5. The van der Waals surface area contributed by atoms with Crippen molar-refractivity contribution in [1.29, 1.82) is 0 Å². The molecule has 1 aliphatic heterocycles. The summed E-state index contributed by atoms with van der Waals surface area (Å²) in [4.78, 5) is 27.7. The zero-order valence-corrected chi connectivity index (χ0v) is 17.1. The van der Waals surface area contributed by atoms with Crippen molar-refractivity contribution in [3.63, 3.8) is 0 Å². The van der Waals surface area contributed by atoms with Crippen molar-refractivity contribution >= 4 is 45.0 Å². The van der Waals surface area contributed by atoms with Crippen LogP contribution in [0.1, 0.15) is 34.6 Å². The van der Waals surface area contributed by atoms with Crippen LogP contribution < -0.4 is 0 Å². The van der Waals surface area contributed by atoms with E-state index in [0.29, 0.717) is 9.90 Å². The van der Waals surface area contributed by atoms with E-state index in [1.165, 1.54) is 11.3 Å². The number of esters is 1. The van der Waals surface area contributed by atoms with Crippen LogP contribution in [0, 0.1) is 6.92 Å². The summed E-state index contributed by atoms with van der Waals surface area (Å²) in [7, 11) is 0. The predicted octanol–water partition coefficient (Wildman–Crippen LogP) is 4.22. The average molecular weight is 418 g/mol. The van der Waals surface area contributed by atoms with E-state index in [0.717, 1.165) is 53.9 Å². The highest BCUT2D eigenvalue weighted by Gasteiger charge is 2.21. The lowest BCUT2D eigenvalue weighted by molar-refractivity contribution is -0.135. The number of para-hydroxylation sites is 1. The van der Waals surface area contributed by atoms with Crippen molar-refractivity contribution in [2.24, 2.45) is 0 Å². The third kappa shape index (κ3) is 3.64. The monoisotopic (exact) mass is 417 g/mol. The van der Waals surface area contributed by atoms with Crippen LogP contribution in [0.4, 0.5) is 0 Å². The van der Waals surface area contributed by atoms with Crippen LogP contribution in [-0.2, 0) is 9.53 Å². The first-order valence-corrected chi connectivity index (χ1v) is 10.4. The standard InChI is InChI=1S/C20H20ClN3O3S/c1-13-14-11-17(20(26)27-12-18(25)23-9-5-2-6-10-23)28-19(14)24(22-13)16-8-4-3-7-15(16)21/h3-4,7-8,11H,2,5-6,9-10,12H2,1H3. The molecule has 1 aromatic carbocycles. The summed E-state index contributed by atoms with van der Waals surface area (Å²) in [5, 5.41) is 6.00. The highest BCUT2D eigenvalue weighted by Crippen LogP contribution is 2.32. The molecule has 3 aromatic rings. The molecular weight excluding hydrogens is 398 g/mol. The van der Waals surface area contributed by atoms with E-state index < -0.39 is 5.97 Å². The van der Waals surface area contributed by atoms with Crippen LogP contribution in [0.2, 0.25) is 5.02 Å². The molecule has 0 saturated carbocycles. The maximum atomic E-state index is 12.5. The van der Waals surface area contributed by atoms with E-state index in [1.54, 1.807) is 21.7 Å². The van der Waals surface area contributed by atoms with Gasteiger partial charge in [0.25, 0.3) is 5.91 Å². The summed E-state index contributed by atoms with van der Waals surface area (Å²) < 4.78 is 7.02. The normalized spacial score (nSPS) is 14.4. The van der Waals surface area contributed by atoms with Crippen molar-refractivity contribution in [3.05, 3.63) is 45.9 Å². The number of ether oxygens (including phenoxy) is 1. The molecule has 2 aromatic heterocycles. The Kier molecular flexibility index (Phi) is 5.37. The molecular formula is C20H20ClN3O3S. The molecule has 8 heteroatoms. The van der Waals surface area contributed by atoms with Crippen LogP contribution in [0.3, 0.4) is 0 Å². The number of hydrogen-bond donors (Lipinski definition) is 0. The maximum absolute atomic E-state index is 12.5. The van der Waals surface area contributed by atoms with Gasteiger partial charge in [-0.15, -0.1) is 11.3 Å². The Labute approximate surface area is 171 Å². The van der Waals surface area contributed by atoms with Gasteiger partial charge in [0.15, 0.2) is 6.61 Å². The molecule has 0 radical (unpaired) electrons. The second kappa shape index (κ2) is 7.93. The summed E-state index contributed by atoms with van der Waals surface area (Å²) in [6.45, 7) is 3.15. The SMILES string of the molecule is Cc1nn(-c2ccccc2Cl)c2sc(C(=O)OCC(=O)N3CCCCC3)cc12. The molecule has 4 rings (SSSR count). The van der Waals surface area contributed by atoms with E-state index in [-0.39, 0.29) is 12.5 Å². The quantitative estimate of drug-likeness (QED) is 0.596. The smallest absolute Gasteiger partial charge is 0.348 e. The molecule has 0 spiro atoms. The number of carbonyl (C=O) groups excluding carboxylic acids is 2. The van der Waals surface area contributed by atoms with Gasteiger partial charge in [-0.3, -0.25) is 4.79 Å². The molecule has 6 nitrogen and oxygen atoms in total. The number of carbonyl (C=O) groups is 2. The summed E-state index contributed by atoms with van der Waals surface area (Å²) in [6.07, 6.45) is 3.16. The lowest BCUT2D eigenvalue weighted by Crippen LogP contribution is -2.38. The number of rotatable bonds is 4. The van der Waals surface area contributed by atoms with E-state index in [9.17, 15) is 9.59 Å². The van der Waals surface area contributed by atoms with Gasteiger partial charge in [0.05, 0.1) is 16.4 Å². The Morgan fingerprint density at radius 2 is 1.96 bits per heavy atom. The van der Waals surface area contributed by atoms with Gasteiger partial charge in [-0.1, -0.05) is 23.7 Å². The Bertz CT molecular complexity index is 1040. The van der Waals surface area contributed by atoms with Crippen molar-refractivity contribution in [3.8, 4) is 5.69 Å². The molecule has 0 unspecified atom stereocenters. The minimum Gasteiger partial charge on any atom is -0.451 e. The fourth-order valence-corrected chi connectivity index (χ4v) is 4.65. The zero-order chi connectivity index (χ0) is 19.7. The molecule has 28 heavy (non-hydrogen) atoms. The van der Waals surface area contributed by atoms with E-state index in [2.05, 4.69) is 5.10 Å². The van der Waals surface area contributed by atoms with Gasteiger partial charge in [0, 0.05) is 18.5 Å².